The van der Waals surface area contributed by atoms with Crippen molar-refractivity contribution in [1.29, 1.82) is 0 Å². The number of nitrogens with zero attached hydrogens (tertiary/aromatic N) is 1. The first-order valence-electron chi connectivity index (χ1n) is 5.13. The predicted molar refractivity (Wildman–Crippen MR) is 62.5 cm³/mol. The molecule has 3 heteroatoms. The maximum Gasteiger partial charge on any atom is 0.106 e. The number of halogens is 1. The Hall–Kier alpha value is -0.570. The maximum atomic E-state index is 4.35. The molecular formula is C11H15BrN2. The van der Waals surface area contributed by atoms with Gasteiger partial charge in [0.25, 0.3) is 0 Å². The lowest BCUT2D eigenvalue weighted by Gasteiger charge is -2.26. The van der Waals surface area contributed by atoms with Gasteiger partial charge in [-0.3, -0.25) is 0 Å². The van der Waals surface area contributed by atoms with E-state index in [1.807, 2.05) is 13.0 Å². The van der Waals surface area contributed by atoms with Gasteiger partial charge in [0.05, 0.1) is 11.4 Å². The molecule has 1 aliphatic rings. The van der Waals surface area contributed by atoms with Gasteiger partial charge in [-0.1, -0.05) is 6.42 Å². The van der Waals surface area contributed by atoms with Crippen molar-refractivity contribution in [3.05, 3.63) is 22.4 Å². The summed E-state index contributed by atoms with van der Waals surface area (Å²) in [5.41, 5.74) is 2.23. The number of aromatic nitrogens is 1. The smallest absolute Gasteiger partial charge is 0.106 e. The summed E-state index contributed by atoms with van der Waals surface area (Å²) in [6.45, 7) is 3.14. The molecule has 14 heavy (non-hydrogen) atoms. The summed E-state index contributed by atoms with van der Waals surface area (Å²) in [5.74, 6) is 0.887. The molecule has 1 fully saturated rings. The van der Waals surface area contributed by atoms with Crippen molar-refractivity contribution in [2.45, 2.75) is 26.2 Å². The summed E-state index contributed by atoms with van der Waals surface area (Å²) in [5, 5.41) is 3.46. The Morgan fingerprint density at radius 3 is 2.86 bits per heavy atom. The largest absolute Gasteiger partial charge is 0.383 e. The Bertz CT molecular complexity index is 321. The predicted octanol–water partition coefficient (Wildman–Crippen LogP) is 3.36. The number of aryl methyl sites for hydroxylation is 1. The summed E-state index contributed by atoms with van der Waals surface area (Å²) >= 11 is 3.36. The molecule has 0 aromatic carbocycles. The minimum absolute atomic E-state index is 0.887. The van der Waals surface area contributed by atoms with E-state index in [9.17, 15) is 0 Å². The van der Waals surface area contributed by atoms with Gasteiger partial charge in [0.2, 0.25) is 0 Å². The third-order valence-corrected chi connectivity index (χ3v) is 3.30. The van der Waals surface area contributed by atoms with Crippen molar-refractivity contribution in [2.24, 2.45) is 5.92 Å². The number of nitrogens with one attached hydrogen (secondary N) is 1. The summed E-state index contributed by atoms with van der Waals surface area (Å²) in [4.78, 5) is 4.35. The summed E-state index contributed by atoms with van der Waals surface area (Å²) in [6.07, 6.45) is 4.18. The van der Waals surface area contributed by atoms with E-state index < -0.39 is 0 Å². The molecule has 1 N–H and O–H groups in total. The highest BCUT2D eigenvalue weighted by Crippen LogP contribution is 2.27. The zero-order valence-corrected chi connectivity index (χ0v) is 9.97. The third kappa shape index (κ3) is 2.27. The minimum atomic E-state index is 0.887. The van der Waals surface area contributed by atoms with Gasteiger partial charge in [-0.15, -0.1) is 0 Å². The molecule has 0 radical (unpaired) electrons. The zero-order chi connectivity index (χ0) is 9.97. The maximum absolute atomic E-state index is 4.35. The Labute approximate surface area is 93.3 Å². The first kappa shape index (κ1) is 9.97. The monoisotopic (exact) mass is 254 g/mol. The molecule has 76 valence electrons. The Kier molecular flexibility index (Phi) is 3.06. The summed E-state index contributed by atoms with van der Waals surface area (Å²) in [6, 6.07) is 4.07. The van der Waals surface area contributed by atoms with Crippen molar-refractivity contribution in [3.8, 4) is 0 Å². The van der Waals surface area contributed by atoms with Crippen LogP contribution in [0.1, 0.15) is 25.0 Å². The average molecular weight is 255 g/mol. The van der Waals surface area contributed by atoms with E-state index in [2.05, 4.69) is 32.3 Å². The van der Waals surface area contributed by atoms with Gasteiger partial charge in [-0.2, -0.15) is 0 Å². The lowest BCUT2D eigenvalue weighted by atomic mass is 9.85. The van der Waals surface area contributed by atoms with Crippen molar-refractivity contribution in [3.63, 3.8) is 0 Å². The summed E-state index contributed by atoms with van der Waals surface area (Å²) in [7, 11) is 0. The van der Waals surface area contributed by atoms with E-state index in [1.165, 1.54) is 24.9 Å². The second kappa shape index (κ2) is 4.30. The first-order chi connectivity index (χ1) is 6.75. The molecule has 0 amide bonds. The van der Waals surface area contributed by atoms with Gasteiger partial charge in [0.15, 0.2) is 0 Å². The SMILES string of the molecule is Cc1nc(Br)ccc1NCC1CCC1. The van der Waals surface area contributed by atoms with E-state index in [0.717, 1.165) is 22.8 Å². The topological polar surface area (TPSA) is 24.9 Å². The van der Waals surface area contributed by atoms with E-state index in [-0.39, 0.29) is 0 Å². The van der Waals surface area contributed by atoms with Crippen molar-refractivity contribution in [2.75, 3.05) is 11.9 Å². The van der Waals surface area contributed by atoms with Crippen molar-refractivity contribution >= 4 is 21.6 Å². The highest BCUT2D eigenvalue weighted by Gasteiger charge is 2.16. The molecule has 0 atom stereocenters. The van der Waals surface area contributed by atoms with Gasteiger partial charge < -0.3 is 5.32 Å². The normalized spacial score (nSPS) is 16.4. The second-order valence-corrected chi connectivity index (χ2v) is 4.76. The van der Waals surface area contributed by atoms with Crippen LogP contribution in [0.3, 0.4) is 0 Å². The van der Waals surface area contributed by atoms with Crippen molar-refractivity contribution in [1.82, 2.24) is 4.98 Å². The van der Waals surface area contributed by atoms with Crippen LogP contribution in [0.5, 0.6) is 0 Å². The number of hydrogen-bond donors (Lipinski definition) is 1. The number of anilines is 1. The molecule has 1 aliphatic carbocycles. The molecule has 1 aromatic rings. The molecule has 1 saturated carbocycles. The van der Waals surface area contributed by atoms with Crippen LogP contribution in [0.4, 0.5) is 5.69 Å². The van der Waals surface area contributed by atoms with Crippen LogP contribution in [0.2, 0.25) is 0 Å². The molecule has 0 saturated heterocycles. The number of hydrogen-bond acceptors (Lipinski definition) is 2. The molecule has 2 nitrogen and oxygen atoms in total. The Balaban J connectivity index is 1.94. The fraction of sp³-hybridized carbons (Fsp3) is 0.545. The fourth-order valence-corrected chi connectivity index (χ4v) is 2.07. The minimum Gasteiger partial charge on any atom is -0.383 e. The summed E-state index contributed by atoms with van der Waals surface area (Å²) < 4.78 is 0.907. The lowest BCUT2D eigenvalue weighted by Crippen LogP contribution is -2.21. The molecular weight excluding hydrogens is 240 g/mol. The van der Waals surface area contributed by atoms with Crippen LogP contribution in [0, 0.1) is 12.8 Å². The molecule has 1 aromatic heterocycles. The quantitative estimate of drug-likeness (QED) is 0.837. The zero-order valence-electron chi connectivity index (χ0n) is 8.39. The number of pyridine rings is 1. The van der Waals surface area contributed by atoms with E-state index in [4.69, 9.17) is 0 Å². The highest BCUT2D eigenvalue weighted by atomic mass is 79.9. The molecule has 0 spiro atoms. The highest BCUT2D eigenvalue weighted by molar-refractivity contribution is 9.10. The van der Waals surface area contributed by atoms with E-state index in [0.29, 0.717) is 0 Å². The van der Waals surface area contributed by atoms with Gasteiger partial charge in [-0.25, -0.2) is 4.98 Å². The van der Waals surface area contributed by atoms with Gasteiger partial charge >= 0.3 is 0 Å². The molecule has 0 unspecified atom stereocenters. The van der Waals surface area contributed by atoms with Gasteiger partial charge in [0, 0.05) is 6.54 Å². The fourth-order valence-electron chi connectivity index (χ4n) is 1.67. The van der Waals surface area contributed by atoms with Crippen LogP contribution in [-0.2, 0) is 0 Å². The van der Waals surface area contributed by atoms with Crippen LogP contribution in [0.25, 0.3) is 0 Å². The molecule has 0 bridgehead atoms. The van der Waals surface area contributed by atoms with Gasteiger partial charge in [-0.05, 0) is 53.7 Å². The number of rotatable bonds is 3. The third-order valence-electron chi connectivity index (χ3n) is 2.86. The Morgan fingerprint density at radius 2 is 2.29 bits per heavy atom. The van der Waals surface area contributed by atoms with E-state index >= 15 is 0 Å². The van der Waals surface area contributed by atoms with Crippen LogP contribution >= 0.6 is 15.9 Å². The van der Waals surface area contributed by atoms with Gasteiger partial charge in [0.1, 0.15) is 4.60 Å². The standard InChI is InChI=1S/C11H15BrN2/c1-8-10(5-6-11(12)14-8)13-7-9-3-2-4-9/h5-6,9,13H,2-4,7H2,1H3. The Morgan fingerprint density at radius 1 is 1.50 bits per heavy atom. The average Bonchev–Trinajstić information content (AvgIpc) is 2.05. The van der Waals surface area contributed by atoms with Crippen LogP contribution < -0.4 is 5.32 Å². The second-order valence-electron chi connectivity index (χ2n) is 3.94. The van der Waals surface area contributed by atoms with E-state index in [1.54, 1.807) is 0 Å². The first-order valence-corrected chi connectivity index (χ1v) is 5.92. The molecule has 1 heterocycles. The van der Waals surface area contributed by atoms with Crippen molar-refractivity contribution < 1.29 is 0 Å². The lowest BCUT2D eigenvalue weighted by molar-refractivity contribution is 0.333. The van der Waals surface area contributed by atoms with Crippen LogP contribution in [-0.4, -0.2) is 11.5 Å². The molecule has 2 rings (SSSR count). The molecule has 0 aliphatic heterocycles. The van der Waals surface area contributed by atoms with Crippen LogP contribution in [0.15, 0.2) is 16.7 Å².